The minimum Gasteiger partial charge on any atom is -0.370 e. The predicted octanol–water partition coefficient (Wildman–Crippen LogP) is -4.04. The molecule has 0 aromatic heterocycles. The van der Waals surface area contributed by atoms with Crippen LogP contribution in [0.25, 0.3) is 0 Å². The van der Waals surface area contributed by atoms with Gasteiger partial charge in [0.1, 0.15) is 30.2 Å². The van der Waals surface area contributed by atoms with Crippen molar-refractivity contribution in [1.82, 2.24) is 26.6 Å². The fourth-order valence-electron chi connectivity index (χ4n) is 5.50. The molecule has 1 heterocycles. The lowest BCUT2D eigenvalue weighted by Gasteiger charge is -2.26. The van der Waals surface area contributed by atoms with Crippen LogP contribution >= 0.6 is 0 Å². The van der Waals surface area contributed by atoms with E-state index in [1.165, 1.54) is 0 Å². The van der Waals surface area contributed by atoms with Crippen LogP contribution in [0.5, 0.6) is 0 Å². The summed E-state index contributed by atoms with van der Waals surface area (Å²) in [5.41, 5.74) is 39.2. The highest BCUT2D eigenvalue weighted by molar-refractivity contribution is 5.98. The lowest BCUT2D eigenvalue weighted by atomic mass is 10.0. The van der Waals surface area contributed by atoms with Gasteiger partial charge in [0, 0.05) is 26.1 Å². The zero-order valence-electron chi connectivity index (χ0n) is 30.1. The van der Waals surface area contributed by atoms with Crippen LogP contribution in [0.3, 0.4) is 0 Å². The van der Waals surface area contributed by atoms with Gasteiger partial charge in [-0.1, -0.05) is 30.3 Å². The average molecular weight is 744 g/mol. The van der Waals surface area contributed by atoms with Crippen LogP contribution in [-0.2, 0) is 30.4 Å². The molecule has 0 unspecified atom stereocenters. The Balaban J connectivity index is 2.61. The second-order valence-electron chi connectivity index (χ2n) is 12.6. The van der Waals surface area contributed by atoms with Crippen molar-refractivity contribution in [1.29, 1.82) is 0 Å². The van der Waals surface area contributed by atoms with E-state index < -0.39 is 59.7 Å². The Labute approximate surface area is 309 Å². The maximum atomic E-state index is 14.0. The van der Waals surface area contributed by atoms with Gasteiger partial charge in [0.15, 0.2) is 17.9 Å². The van der Waals surface area contributed by atoms with Crippen LogP contribution in [0.1, 0.15) is 63.4 Å². The van der Waals surface area contributed by atoms with E-state index >= 15 is 0 Å². The molecule has 53 heavy (non-hydrogen) atoms. The number of amides is 5. The Morgan fingerprint density at radius 3 is 1.13 bits per heavy atom. The number of hydrogen-bond donors (Lipinski definition) is 12. The van der Waals surface area contributed by atoms with Crippen molar-refractivity contribution in [3.8, 4) is 0 Å². The smallest absolute Gasteiger partial charge is 0.243 e. The molecule has 1 fully saturated rings. The largest absolute Gasteiger partial charge is 0.370 e. The summed E-state index contributed by atoms with van der Waals surface area (Å²) in [4.78, 5) is 81.3. The Hall–Kier alpha value is -5.66. The molecule has 5 atom stereocenters. The lowest BCUT2D eigenvalue weighted by Crippen LogP contribution is -2.58. The normalized spacial score (nSPS) is 21.3. The van der Waals surface area contributed by atoms with Crippen molar-refractivity contribution in [3.63, 3.8) is 0 Å². The van der Waals surface area contributed by atoms with Crippen molar-refractivity contribution in [2.45, 2.75) is 94.4 Å². The molecule has 1 aliphatic heterocycles. The molecule has 0 radical (unpaired) electrons. The summed E-state index contributed by atoms with van der Waals surface area (Å²) in [6, 6.07) is 3.23. The van der Waals surface area contributed by atoms with Crippen LogP contribution in [-0.4, -0.2) is 104 Å². The molecule has 0 saturated carbocycles. The third-order valence-corrected chi connectivity index (χ3v) is 8.23. The van der Waals surface area contributed by atoms with E-state index in [-0.39, 0.29) is 82.5 Å². The maximum absolute atomic E-state index is 14.0. The number of aliphatic imine (C=N–C) groups is 3. The number of hydrogen-bond acceptors (Lipinski definition) is 9. The number of benzene rings is 1. The average Bonchev–Trinajstić information content (AvgIpc) is 3.10. The first-order valence-electron chi connectivity index (χ1n) is 17.7. The van der Waals surface area contributed by atoms with Gasteiger partial charge < -0.3 is 66.7 Å². The molecular weight excluding hydrogens is 686 g/mol. The van der Waals surface area contributed by atoms with E-state index in [1.807, 2.05) is 6.07 Å². The van der Waals surface area contributed by atoms with Gasteiger partial charge in [-0.15, -0.1) is 0 Å². The molecule has 19 N–H and O–H groups in total. The minimum absolute atomic E-state index is 0.0601. The summed E-state index contributed by atoms with van der Waals surface area (Å²) < 4.78 is 0. The van der Waals surface area contributed by atoms with E-state index in [9.17, 15) is 24.0 Å². The van der Waals surface area contributed by atoms with Crippen LogP contribution in [0, 0.1) is 0 Å². The number of guanidine groups is 3. The summed E-state index contributed by atoms with van der Waals surface area (Å²) >= 11 is 0. The number of nitrogens with zero attached hydrogens (tertiary/aromatic N) is 3. The SMILES string of the molecule is NCCCC[C@@H]1NC(=O)[C@H](CCCN=C(N)N)NC(=O)[C@H](Cc2ccccc2)NC(=O)[C@@H](CCCN=C(N)N)NC(=O)[C@H](CCCN=C(N)N)NC1=O. The van der Waals surface area contributed by atoms with Crippen LogP contribution < -0.4 is 66.7 Å². The van der Waals surface area contributed by atoms with E-state index in [4.69, 9.17) is 40.1 Å². The zero-order valence-corrected chi connectivity index (χ0v) is 30.1. The number of nitrogens with one attached hydrogen (secondary N) is 5. The Kier molecular flexibility index (Phi) is 19.5. The maximum Gasteiger partial charge on any atom is 0.243 e. The minimum atomic E-state index is -1.17. The van der Waals surface area contributed by atoms with E-state index in [2.05, 4.69) is 41.6 Å². The highest BCUT2D eigenvalue weighted by atomic mass is 16.2. The van der Waals surface area contributed by atoms with E-state index in [1.54, 1.807) is 24.3 Å². The van der Waals surface area contributed by atoms with Gasteiger partial charge in [-0.2, -0.15) is 0 Å². The molecule has 2 rings (SSSR count). The first-order valence-corrected chi connectivity index (χ1v) is 17.7. The van der Waals surface area contributed by atoms with Gasteiger partial charge in [0.25, 0.3) is 0 Å². The fraction of sp³-hybridized carbons (Fsp3) is 0.576. The van der Waals surface area contributed by atoms with Crippen molar-refractivity contribution < 1.29 is 24.0 Å². The first-order chi connectivity index (χ1) is 25.3. The van der Waals surface area contributed by atoms with Gasteiger partial charge in [0.2, 0.25) is 29.5 Å². The van der Waals surface area contributed by atoms with Gasteiger partial charge in [-0.05, 0) is 69.9 Å². The Bertz CT molecular complexity index is 1430. The van der Waals surface area contributed by atoms with Crippen molar-refractivity contribution in [2.75, 3.05) is 26.2 Å². The molecular formula is C33H57N15O5. The van der Waals surface area contributed by atoms with Crippen molar-refractivity contribution in [2.24, 2.45) is 55.1 Å². The van der Waals surface area contributed by atoms with Gasteiger partial charge in [0.05, 0.1) is 0 Å². The number of rotatable bonds is 18. The third kappa shape index (κ3) is 17.4. The Morgan fingerprint density at radius 1 is 0.472 bits per heavy atom. The van der Waals surface area contributed by atoms with Crippen molar-refractivity contribution >= 4 is 47.4 Å². The number of unbranched alkanes of at least 4 members (excludes halogenated alkanes) is 1. The molecule has 1 saturated heterocycles. The molecule has 1 aromatic carbocycles. The highest BCUT2D eigenvalue weighted by Crippen LogP contribution is 2.11. The zero-order chi connectivity index (χ0) is 39.2. The molecule has 0 bridgehead atoms. The fourth-order valence-corrected chi connectivity index (χ4v) is 5.50. The third-order valence-electron chi connectivity index (χ3n) is 8.23. The molecule has 20 nitrogen and oxygen atoms in total. The molecule has 0 aliphatic carbocycles. The second-order valence-corrected chi connectivity index (χ2v) is 12.6. The number of nitrogens with two attached hydrogens (primary N) is 7. The van der Waals surface area contributed by atoms with Crippen LogP contribution in [0.4, 0.5) is 0 Å². The van der Waals surface area contributed by atoms with Crippen LogP contribution in [0.2, 0.25) is 0 Å². The van der Waals surface area contributed by atoms with E-state index in [0.717, 1.165) is 5.56 Å². The quantitative estimate of drug-likeness (QED) is 0.0388. The highest BCUT2D eigenvalue weighted by Gasteiger charge is 2.34. The topological polar surface area (TPSA) is 365 Å². The first kappa shape index (κ1) is 43.5. The molecule has 1 aliphatic rings. The molecule has 20 heteroatoms. The molecule has 0 spiro atoms. The Morgan fingerprint density at radius 2 is 0.792 bits per heavy atom. The van der Waals surface area contributed by atoms with E-state index in [0.29, 0.717) is 25.8 Å². The predicted molar refractivity (Wildman–Crippen MR) is 202 cm³/mol. The van der Waals surface area contributed by atoms with Gasteiger partial charge >= 0.3 is 0 Å². The summed E-state index contributed by atoms with van der Waals surface area (Å²) in [5.74, 6) is -3.71. The van der Waals surface area contributed by atoms with Crippen molar-refractivity contribution in [3.05, 3.63) is 35.9 Å². The van der Waals surface area contributed by atoms with Gasteiger partial charge in [-0.25, -0.2) is 0 Å². The summed E-state index contributed by atoms with van der Waals surface area (Å²) in [7, 11) is 0. The molecule has 1 aromatic rings. The number of carbonyl (C=O) groups excluding carboxylic acids is 5. The number of carbonyl (C=O) groups is 5. The second kappa shape index (κ2) is 23.7. The molecule has 294 valence electrons. The molecule has 5 amide bonds. The summed E-state index contributed by atoms with van der Waals surface area (Å²) in [6.45, 7) is 0.853. The summed E-state index contributed by atoms with van der Waals surface area (Å²) in [6.07, 6.45) is 2.43. The lowest BCUT2D eigenvalue weighted by molar-refractivity contribution is -0.134. The standard InChI is InChI=1S/C33H57N15O5/c34-15-5-4-11-21-26(49)45-22(12-6-16-41-31(35)36)27(50)46-24(14-8-18-43-33(39)40)29(52)48-25(19-20-9-2-1-3-10-20)30(53)47-23(28(51)44-21)13-7-17-42-32(37)38/h1-3,9-10,21-25H,4-8,11-19,34H2,(H,44,51)(H,45,49)(H,46,50)(H,47,53)(H,48,52)(H4,35,36,41)(H4,37,38,42)(H4,39,40,43)/t21-,22-,23-,24+,25-/m0/s1. The monoisotopic (exact) mass is 743 g/mol. The van der Waals surface area contributed by atoms with Gasteiger partial charge in [-0.3, -0.25) is 38.9 Å². The van der Waals surface area contributed by atoms with Crippen LogP contribution in [0.15, 0.2) is 45.3 Å². The summed E-state index contributed by atoms with van der Waals surface area (Å²) in [5, 5.41) is 13.8.